The summed E-state index contributed by atoms with van der Waals surface area (Å²) in [6.45, 7) is 15.3. The molecule has 0 saturated heterocycles. The van der Waals surface area contributed by atoms with Crippen molar-refractivity contribution in [2.75, 3.05) is 0 Å². The lowest BCUT2D eigenvalue weighted by atomic mass is 9.84. The van der Waals surface area contributed by atoms with Crippen LogP contribution in [0.2, 0.25) is 5.04 Å². The van der Waals surface area contributed by atoms with Gasteiger partial charge in [-0.2, -0.15) is 0 Å². The first kappa shape index (κ1) is 28.5. The zero-order chi connectivity index (χ0) is 25.7. The summed E-state index contributed by atoms with van der Waals surface area (Å²) in [5, 5.41) is 2.76. The normalized spacial score (nSPS) is 21.5. The highest BCUT2D eigenvalue weighted by atomic mass is 32.2. The number of hydrogen-bond acceptors (Lipinski definition) is 3. The average Bonchev–Trinajstić information content (AvgIpc) is 2.81. The molecule has 1 N–H and O–H groups in total. The van der Waals surface area contributed by atoms with Crippen molar-refractivity contribution in [1.29, 1.82) is 0 Å². The topological polar surface area (TPSA) is 44.3 Å². The van der Waals surface area contributed by atoms with Crippen molar-refractivity contribution < 1.29 is 8.98 Å². The predicted octanol–water partition coefficient (Wildman–Crippen LogP) is 6.34. The van der Waals surface area contributed by atoms with Gasteiger partial charge in [-0.25, -0.2) is 0 Å². The molecule has 2 aromatic carbocycles. The maximum Gasteiger partial charge on any atom is 0.261 e. The Kier molecular flexibility index (Phi) is 9.72. The van der Waals surface area contributed by atoms with E-state index in [0.717, 1.165) is 25.2 Å². The van der Waals surface area contributed by atoms with E-state index in [1.165, 1.54) is 29.6 Å². The highest BCUT2D eigenvalue weighted by Crippen LogP contribution is 2.40. The third-order valence-electron chi connectivity index (χ3n) is 7.43. The molecule has 1 fully saturated rings. The van der Waals surface area contributed by atoms with E-state index in [1.54, 1.807) is 0 Å². The maximum atomic E-state index is 12.4. The van der Waals surface area contributed by atoms with Crippen LogP contribution in [-0.2, 0) is 15.8 Å². The van der Waals surface area contributed by atoms with E-state index >= 15 is 0 Å². The van der Waals surface area contributed by atoms with Gasteiger partial charge in [0.1, 0.15) is 4.75 Å². The highest BCUT2D eigenvalue weighted by molar-refractivity contribution is 7.90. The van der Waals surface area contributed by atoms with Crippen LogP contribution in [0.15, 0.2) is 60.7 Å². The fraction of sp³-hybridized carbons (Fsp3) is 0.600. The summed E-state index contributed by atoms with van der Waals surface area (Å²) in [5.41, 5.74) is 0. The number of rotatable bonds is 9. The van der Waals surface area contributed by atoms with Gasteiger partial charge in [0.15, 0.2) is 0 Å². The fourth-order valence-corrected chi connectivity index (χ4v) is 11.0. The van der Waals surface area contributed by atoms with Crippen molar-refractivity contribution in [3.63, 3.8) is 0 Å². The van der Waals surface area contributed by atoms with Gasteiger partial charge < -0.3 is 8.98 Å². The Hall–Kier alpha value is -1.11. The van der Waals surface area contributed by atoms with Crippen LogP contribution >= 0.6 is 0 Å². The van der Waals surface area contributed by atoms with E-state index in [9.17, 15) is 4.55 Å². The molecule has 1 aliphatic rings. The molecule has 194 valence electrons. The van der Waals surface area contributed by atoms with Gasteiger partial charge in [-0.1, -0.05) is 81.4 Å². The van der Waals surface area contributed by atoms with Crippen LogP contribution in [0.3, 0.4) is 0 Å². The third kappa shape index (κ3) is 7.23. The molecule has 5 heteroatoms. The minimum Gasteiger partial charge on any atom is -0.598 e. The van der Waals surface area contributed by atoms with Crippen LogP contribution in [-0.4, -0.2) is 29.8 Å². The highest BCUT2D eigenvalue weighted by Gasteiger charge is 2.51. The van der Waals surface area contributed by atoms with E-state index in [-0.39, 0.29) is 15.8 Å². The summed E-state index contributed by atoms with van der Waals surface area (Å²) in [6.07, 6.45) is 7.28. The molecule has 0 aliphatic heterocycles. The molecular formula is C30H47NO2SSi. The zero-order valence-electron chi connectivity index (χ0n) is 23.0. The van der Waals surface area contributed by atoms with Gasteiger partial charge in [-0.05, 0) is 87.5 Å². The summed E-state index contributed by atoms with van der Waals surface area (Å²) in [6, 6.07) is 22.3. The SMILES string of the molecule is C[C@@H](CC[C@H]1CC[C@H](O[Si](c2ccccc2)(c2ccccc2)C(C)(C)C)CC1)N[S@+]([O-])C(C)(C)C. The smallest absolute Gasteiger partial charge is 0.261 e. The molecule has 1 aliphatic carbocycles. The first-order chi connectivity index (χ1) is 16.4. The quantitative estimate of drug-likeness (QED) is 0.314. The van der Waals surface area contributed by atoms with Crippen molar-refractivity contribution >= 4 is 30.1 Å². The molecule has 35 heavy (non-hydrogen) atoms. The van der Waals surface area contributed by atoms with Crippen molar-refractivity contribution in [3.05, 3.63) is 60.7 Å². The Morgan fingerprint density at radius 3 is 1.80 bits per heavy atom. The Morgan fingerprint density at radius 1 is 0.886 bits per heavy atom. The summed E-state index contributed by atoms with van der Waals surface area (Å²) in [7, 11) is -2.48. The van der Waals surface area contributed by atoms with Crippen molar-refractivity contribution in [1.82, 2.24) is 4.72 Å². The molecule has 0 aromatic heterocycles. The Morgan fingerprint density at radius 2 is 1.37 bits per heavy atom. The van der Waals surface area contributed by atoms with Gasteiger partial charge in [0.2, 0.25) is 0 Å². The molecule has 0 heterocycles. The number of benzene rings is 2. The lowest BCUT2D eigenvalue weighted by Gasteiger charge is -2.46. The Labute approximate surface area is 218 Å². The predicted molar refractivity (Wildman–Crippen MR) is 154 cm³/mol. The second kappa shape index (κ2) is 12.0. The third-order valence-corrected chi connectivity index (χ3v) is 14.2. The van der Waals surface area contributed by atoms with Crippen molar-refractivity contribution in [3.8, 4) is 0 Å². The standard InChI is InChI=1S/C30H47NO2SSi/c1-24(31-34(32)29(2,3)4)18-19-25-20-22-26(23-21-25)33-35(30(5,6)7,27-14-10-8-11-15-27)28-16-12-9-13-17-28/h8-17,24-26,31H,18-23H2,1-7H3/t24-,25-,26-,34+/m0/s1. The van der Waals surface area contributed by atoms with E-state index < -0.39 is 19.7 Å². The van der Waals surface area contributed by atoms with Crippen LogP contribution in [0.5, 0.6) is 0 Å². The van der Waals surface area contributed by atoms with Crippen LogP contribution in [0.25, 0.3) is 0 Å². The van der Waals surface area contributed by atoms with Crippen LogP contribution in [0, 0.1) is 5.92 Å². The van der Waals surface area contributed by atoms with E-state index in [1.807, 2.05) is 20.8 Å². The lowest BCUT2D eigenvalue weighted by Crippen LogP contribution is -2.67. The first-order valence-electron chi connectivity index (χ1n) is 13.4. The molecular weight excluding hydrogens is 466 g/mol. The largest absolute Gasteiger partial charge is 0.598 e. The summed E-state index contributed by atoms with van der Waals surface area (Å²) in [4.78, 5) is 0. The van der Waals surface area contributed by atoms with Crippen molar-refractivity contribution in [2.45, 2.75) is 109 Å². The minimum absolute atomic E-state index is 0.0242. The molecule has 2 atom stereocenters. The minimum atomic E-state index is -2.48. The van der Waals surface area contributed by atoms with E-state index in [0.29, 0.717) is 6.10 Å². The molecule has 0 amide bonds. The van der Waals surface area contributed by atoms with Gasteiger partial charge in [0.25, 0.3) is 8.32 Å². The number of nitrogens with one attached hydrogen (secondary N) is 1. The van der Waals surface area contributed by atoms with Gasteiger partial charge >= 0.3 is 0 Å². The zero-order valence-corrected chi connectivity index (χ0v) is 24.8. The fourth-order valence-electron chi connectivity index (χ4n) is 5.38. The Balaban J connectivity index is 1.67. The molecule has 1 saturated carbocycles. The summed E-state index contributed by atoms with van der Waals surface area (Å²) in [5.74, 6) is 0.737. The maximum absolute atomic E-state index is 12.4. The average molecular weight is 514 g/mol. The molecule has 0 unspecified atom stereocenters. The monoisotopic (exact) mass is 513 g/mol. The molecule has 0 radical (unpaired) electrons. The second-order valence-corrected chi connectivity index (χ2v) is 18.7. The van der Waals surface area contributed by atoms with Crippen LogP contribution in [0.4, 0.5) is 0 Å². The van der Waals surface area contributed by atoms with E-state index in [4.69, 9.17) is 4.43 Å². The molecule has 0 bridgehead atoms. The van der Waals surface area contributed by atoms with Gasteiger partial charge in [-0.3, -0.25) is 0 Å². The van der Waals surface area contributed by atoms with Gasteiger partial charge in [-0.15, -0.1) is 4.72 Å². The Bertz CT molecular complexity index is 847. The van der Waals surface area contributed by atoms with Crippen LogP contribution < -0.4 is 15.1 Å². The van der Waals surface area contributed by atoms with Crippen LogP contribution in [0.1, 0.15) is 87.0 Å². The molecule has 3 rings (SSSR count). The van der Waals surface area contributed by atoms with Gasteiger partial charge in [0.05, 0.1) is 0 Å². The van der Waals surface area contributed by atoms with Gasteiger partial charge in [0, 0.05) is 23.5 Å². The lowest BCUT2D eigenvalue weighted by molar-refractivity contribution is 0.117. The summed E-state index contributed by atoms with van der Waals surface area (Å²) >= 11 is -1.00. The molecule has 2 aromatic rings. The molecule has 3 nitrogen and oxygen atoms in total. The van der Waals surface area contributed by atoms with Crippen molar-refractivity contribution in [2.24, 2.45) is 5.92 Å². The second-order valence-electron chi connectivity index (χ2n) is 12.4. The molecule has 0 spiro atoms. The van der Waals surface area contributed by atoms with E-state index in [2.05, 4.69) is 93.1 Å². The first-order valence-corrected chi connectivity index (χ1v) is 16.5. The number of hydrogen-bond donors (Lipinski definition) is 1. The summed E-state index contributed by atoms with van der Waals surface area (Å²) < 4.78 is 22.9.